The zero-order valence-corrected chi connectivity index (χ0v) is 14.2. The van der Waals surface area contributed by atoms with Crippen LogP contribution in [-0.4, -0.2) is 32.5 Å². The molecule has 1 aromatic rings. The maximum Gasteiger partial charge on any atom is 0.259 e. The van der Waals surface area contributed by atoms with Crippen LogP contribution in [0.15, 0.2) is 0 Å². The van der Waals surface area contributed by atoms with Crippen molar-refractivity contribution in [3.8, 4) is 0 Å². The van der Waals surface area contributed by atoms with E-state index in [1.165, 1.54) is 23.3 Å². The minimum atomic E-state index is 0.167. The molecule has 1 fully saturated rings. The lowest BCUT2D eigenvalue weighted by atomic mass is 9.94. The lowest BCUT2D eigenvalue weighted by molar-refractivity contribution is 0.0757. The topological polar surface area (TPSA) is 32.3 Å². The van der Waals surface area contributed by atoms with E-state index in [1.807, 2.05) is 28.0 Å². The Kier molecular flexibility index (Phi) is 3.23. The molecular formula is C13H15IN2OS2. The summed E-state index contributed by atoms with van der Waals surface area (Å²) in [5.41, 5.74) is 2.52. The number of carbonyl (C=O) groups excluding carboxylic acids is 1. The molecule has 0 radical (unpaired) electrons. The van der Waals surface area contributed by atoms with Crippen molar-refractivity contribution in [2.24, 2.45) is 0 Å². The van der Waals surface area contributed by atoms with Crippen LogP contribution < -0.4 is 5.32 Å². The first-order valence-corrected chi connectivity index (χ1v) is 10.00. The van der Waals surface area contributed by atoms with Crippen LogP contribution >= 0.6 is 45.7 Å². The van der Waals surface area contributed by atoms with Crippen molar-refractivity contribution in [1.82, 2.24) is 4.90 Å². The van der Waals surface area contributed by atoms with Crippen LogP contribution in [0.3, 0.4) is 0 Å². The number of alkyl halides is 1. The van der Waals surface area contributed by atoms with E-state index < -0.39 is 0 Å². The van der Waals surface area contributed by atoms with Crippen molar-refractivity contribution in [1.29, 1.82) is 0 Å². The van der Waals surface area contributed by atoms with Gasteiger partial charge in [-0.2, -0.15) is 0 Å². The molecule has 2 unspecified atom stereocenters. The molecule has 6 heteroatoms. The summed E-state index contributed by atoms with van der Waals surface area (Å²) in [5, 5.41) is 5.31. The second kappa shape index (κ2) is 4.80. The summed E-state index contributed by atoms with van der Waals surface area (Å²) >= 11 is 6.15. The van der Waals surface area contributed by atoms with Gasteiger partial charge in [-0.05, 0) is 31.2 Å². The summed E-state index contributed by atoms with van der Waals surface area (Å²) in [6.45, 7) is 0.897. The molecule has 0 aromatic carbocycles. The van der Waals surface area contributed by atoms with Gasteiger partial charge < -0.3 is 10.2 Å². The normalized spacial score (nSPS) is 28.7. The Labute approximate surface area is 134 Å². The summed E-state index contributed by atoms with van der Waals surface area (Å²) in [4.78, 5) is 16.3. The van der Waals surface area contributed by atoms with Crippen LogP contribution in [-0.2, 0) is 12.8 Å². The molecule has 1 N–H and O–H groups in total. The Hall–Kier alpha value is 0.0500. The minimum Gasteiger partial charge on any atom is -0.348 e. The minimum absolute atomic E-state index is 0.167. The number of nitrogens with one attached hydrogen (secondary N) is 1. The molecule has 2 aliphatic heterocycles. The molecule has 0 spiro atoms. The monoisotopic (exact) mass is 406 g/mol. The third-order valence-corrected chi connectivity index (χ3v) is 8.29. The Bertz CT molecular complexity index is 545. The van der Waals surface area contributed by atoms with Crippen LogP contribution in [0, 0.1) is 0 Å². The second-order valence-corrected chi connectivity index (χ2v) is 8.65. The number of rotatable bonds is 1. The van der Waals surface area contributed by atoms with E-state index in [4.69, 9.17) is 0 Å². The van der Waals surface area contributed by atoms with E-state index in [-0.39, 0.29) is 11.4 Å². The molecule has 1 aliphatic carbocycles. The standard InChI is InChI=1S/C13H15IN2OS2/c14-5-7-6-16-12(17)10-8-3-1-2-4-9(8)19-11(10)15-13(16)18-7/h7,13,15H,1-6H2. The number of amides is 1. The maximum atomic E-state index is 12.8. The molecule has 0 saturated carbocycles. The molecule has 1 amide bonds. The molecule has 3 nitrogen and oxygen atoms in total. The molecule has 0 bridgehead atoms. The molecule has 102 valence electrons. The van der Waals surface area contributed by atoms with Crippen molar-refractivity contribution in [3.05, 3.63) is 16.0 Å². The lowest BCUT2D eigenvalue weighted by Gasteiger charge is -2.30. The van der Waals surface area contributed by atoms with Gasteiger partial charge in [-0.15, -0.1) is 23.1 Å². The number of fused-ring (bicyclic) bond motifs is 4. The summed E-state index contributed by atoms with van der Waals surface area (Å²) in [7, 11) is 0. The first-order chi connectivity index (χ1) is 9.28. The summed E-state index contributed by atoms with van der Waals surface area (Å²) in [5.74, 6) is 0.276. The smallest absolute Gasteiger partial charge is 0.259 e. The van der Waals surface area contributed by atoms with Crippen molar-refractivity contribution in [3.63, 3.8) is 0 Å². The lowest BCUT2D eigenvalue weighted by Crippen LogP contribution is -2.43. The van der Waals surface area contributed by atoms with Crippen LogP contribution in [0.5, 0.6) is 0 Å². The van der Waals surface area contributed by atoms with Crippen LogP contribution in [0.1, 0.15) is 33.6 Å². The molecule has 3 aliphatic rings. The van der Waals surface area contributed by atoms with E-state index in [2.05, 4.69) is 27.9 Å². The number of aryl methyl sites for hydroxylation is 1. The summed E-state index contributed by atoms with van der Waals surface area (Å²) < 4.78 is 1.11. The fraction of sp³-hybridized carbons (Fsp3) is 0.615. The fourth-order valence-corrected chi connectivity index (χ4v) is 6.63. The molecule has 1 saturated heterocycles. The third-order valence-electron chi connectivity index (χ3n) is 4.08. The maximum absolute atomic E-state index is 12.8. The van der Waals surface area contributed by atoms with Crippen molar-refractivity contribution in [2.75, 3.05) is 16.3 Å². The first kappa shape index (κ1) is 12.8. The zero-order valence-electron chi connectivity index (χ0n) is 10.4. The SMILES string of the molecule is O=C1c2c(sc3c2CCCC3)NC2SC(CI)CN12. The highest BCUT2D eigenvalue weighted by Gasteiger charge is 2.42. The van der Waals surface area contributed by atoms with Crippen molar-refractivity contribution < 1.29 is 4.79 Å². The molecule has 2 atom stereocenters. The predicted octanol–water partition coefficient (Wildman–Crippen LogP) is 3.33. The van der Waals surface area contributed by atoms with Gasteiger partial charge >= 0.3 is 0 Å². The van der Waals surface area contributed by atoms with Crippen LogP contribution in [0.4, 0.5) is 5.00 Å². The average Bonchev–Trinajstić information content (AvgIpc) is 2.99. The largest absolute Gasteiger partial charge is 0.348 e. The Morgan fingerprint density at radius 1 is 1.37 bits per heavy atom. The fourth-order valence-electron chi connectivity index (χ4n) is 3.15. The van der Waals surface area contributed by atoms with Gasteiger partial charge in [0.2, 0.25) is 0 Å². The molecule has 4 rings (SSSR count). The summed E-state index contributed by atoms with van der Waals surface area (Å²) in [6, 6.07) is 0. The predicted molar refractivity (Wildman–Crippen MR) is 89.7 cm³/mol. The molecule has 3 heterocycles. The van der Waals surface area contributed by atoms with Gasteiger partial charge in [0.1, 0.15) is 5.00 Å². The zero-order chi connectivity index (χ0) is 13.0. The molecule has 19 heavy (non-hydrogen) atoms. The van der Waals surface area contributed by atoms with Gasteiger partial charge in [-0.3, -0.25) is 4.79 Å². The van der Waals surface area contributed by atoms with Crippen LogP contribution in [0.25, 0.3) is 0 Å². The second-order valence-electron chi connectivity index (χ2n) is 5.28. The van der Waals surface area contributed by atoms with E-state index in [1.54, 1.807) is 0 Å². The van der Waals surface area contributed by atoms with Crippen molar-refractivity contribution >= 4 is 56.6 Å². The Morgan fingerprint density at radius 3 is 3.05 bits per heavy atom. The van der Waals surface area contributed by atoms with E-state index in [0.717, 1.165) is 34.4 Å². The van der Waals surface area contributed by atoms with Gasteiger partial charge in [0.25, 0.3) is 5.91 Å². The van der Waals surface area contributed by atoms with Crippen LogP contribution in [0.2, 0.25) is 0 Å². The number of hydrogen-bond acceptors (Lipinski definition) is 4. The van der Waals surface area contributed by atoms with Gasteiger partial charge in [0, 0.05) is 21.1 Å². The Balaban J connectivity index is 1.73. The van der Waals surface area contributed by atoms with Gasteiger partial charge in [0.05, 0.1) is 5.56 Å². The number of thiophene rings is 1. The molecule has 1 aromatic heterocycles. The number of anilines is 1. The average molecular weight is 406 g/mol. The van der Waals surface area contributed by atoms with E-state index in [0.29, 0.717) is 5.25 Å². The first-order valence-electron chi connectivity index (χ1n) is 6.71. The van der Waals surface area contributed by atoms with Gasteiger partial charge in [-0.25, -0.2) is 0 Å². The number of carbonyl (C=O) groups is 1. The number of hydrogen-bond donors (Lipinski definition) is 1. The van der Waals surface area contributed by atoms with Gasteiger partial charge in [-0.1, -0.05) is 22.6 Å². The number of halogens is 1. The van der Waals surface area contributed by atoms with E-state index >= 15 is 0 Å². The number of nitrogens with zero attached hydrogens (tertiary/aromatic N) is 1. The molecular weight excluding hydrogens is 391 g/mol. The highest BCUT2D eigenvalue weighted by Crippen LogP contribution is 2.45. The Morgan fingerprint density at radius 2 is 2.21 bits per heavy atom. The van der Waals surface area contributed by atoms with Crippen molar-refractivity contribution in [2.45, 2.75) is 36.4 Å². The van der Waals surface area contributed by atoms with E-state index in [9.17, 15) is 4.79 Å². The number of thioether (sulfide) groups is 1. The van der Waals surface area contributed by atoms with Gasteiger partial charge in [0.15, 0.2) is 5.50 Å². The highest BCUT2D eigenvalue weighted by molar-refractivity contribution is 14.1. The third kappa shape index (κ3) is 1.93. The highest BCUT2D eigenvalue weighted by atomic mass is 127. The summed E-state index contributed by atoms with van der Waals surface area (Å²) in [6.07, 6.45) is 4.77. The quantitative estimate of drug-likeness (QED) is 0.574.